The molecule has 0 saturated heterocycles. The van der Waals surface area contributed by atoms with Gasteiger partial charge < -0.3 is 14.8 Å². The predicted molar refractivity (Wildman–Crippen MR) is 134 cm³/mol. The first-order chi connectivity index (χ1) is 16.2. The zero-order valence-electron chi connectivity index (χ0n) is 19.4. The number of imidazole rings is 1. The van der Waals surface area contributed by atoms with Crippen molar-refractivity contribution in [3.63, 3.8) is 0 Å². The van der Waals surface area contributed by atoms with E-state index < -0.39 is 16.1 Å². The Labute approximate surface area is 200 Å². The number of aliphatic hydroxyl groups is 2. The molecular weight excluding hydrogens is 450 g/mol. The molecule has 2 atom stereocenters. The van der Waals surface area contributed by atoms with E-state index in [1.54, 1.807) is 23.9 Å². The monoisotopic (exact) mass is 481 g/mol. The van der Waals surface area contributed by atoms with Crippen LogP contribution in [0.1, 0.15) is 54.8 Å². The molecule has 0 unspecified atom stereocenters. The third-order valence-corrected chi connectivity index (χ3v) is 7.03. The second-order valence-corrected chi connectivity index (χ2v) is 10.8. The van der Waals surface area contributed by atoms with Crippen molar-refractivity contribution in [3.8, 4) is 11.1 Å². The zero-order chi connectivity index (χ0) is 24.3. The maximum Gasteiger partial charge on any atom is 0.208 e. The Morgan fingerprint density at radius 1 is 1.12 bits per heavy atom. The Morgan fingerprint density at radius 2 is 1.74 bits per heavy atom. The van der Waals surface area contributed by atoms with Crippen LogP contribution in [-0.2, 0) is 10.0 Å². The van der Waals surface area contributed by atoms with Gasteiger partial charge in [0.05, 0.1) is 18.9 Å². The summed E-state index contributed by atoms with van der Waals surface area (Å²) in [5.41, 5.74) is 4.48. The van der Waals surface area contributed by atoms with Crippen molar-refractivity contribution in [2.45, 2.75) is 43.9 Å². The van der Waals surface area contributed by atoms with E-state index in [1.807, 2.05) is 24.3 Å². The lowest BCUT2D eigenvalue weighted by Crippen LogP contribution is -2.42. The first kappa shape index (κ1) is 24.3. The van der Waals surface area contributed by atoms with Gasteiger partial charge in [-0.3, -0.25) is 0 Å². The molecule has 0 spiro atoms. The molecule has 0 aliphatic heterocycles. The van der Waals surface area contributed by atoms with Gasteiger partial charge in [-0.25, -0.2) is 18.1 Å². The van der Waals surface area contributed by atoms with Crippen LogP contribution >= 0.6 is 0 Å². The fourth-order valence-electron chi connectivity index (χ4n) is 4.42. The molecule has 1 aromatic heterocycles. The van der Waals surface area contributed by atoms with E-state index in [4.69, 9.17) is 0 Å². The topological polar surface area (TPSA) is 104 Å². The summed E-state index contributed by atoms with van der Waals surface area (Å²) in [6.07, 6.45) is 9.39. The van der Waals surface area contributed by atoms with Crippen molar-refractivity contribution in [1.29, 1.82) is 0 Å². The van der Waals surface area contributed by atoms with Crippen LogP contribution in [-0.4, -0.2) is 47.1 Å². The van der Waals surface area contributed by atoms with Crippen LogP contribution in [0.15, 0.2) is 67.0 Å². The second-order valence-electron chi connectivity index (χ2n) is 8.98. The van der Waals surface area contributed by atoms with E-state index in [0.717, 1.165) is 29.5 Å². The van der Waals surface area contributed by atoms with E-state index in [1.165, 1.54) is 11.8 Å². The van der Waals surface area contributed by atoms with E-state index in [2.05, 4.69) is 46.1 Å². The average molecular weight is 482 g/mol. The molecule has 34 heavy (non-hydrogen) atoms. The van der Waals surface area contributed by atoms with Crippen molar-refractivity contribution < 1.29 is 18.6 Å². The van der Waals surface area contributed by atoms with Crippen LogP contribution in [0.3, 0.4) is 0 Å². The molecule has 4 rings (SSSR count). The number of aromatic nitrogens is 2. The van der Waals surface area contributed by atoms with E-state index >= 15 is 0 Å². The van der Waals surface area contributed by atoms with E-state index in [9.17, 15) is 18.6 Å². The maximum atomic E-state index is 11.3. The number of nitrogens with zero attached hydrogens (tertiary/aromatic N) is 2. The first-order valence-corrected chi connectivity index (χ1v) is 13.3. The highest BCUT2D eigenvalue weighted by molar-refractivity contribution is 7.88. The van der Waals surface area contributed by atoms with Crippen LogP contribution in [0.5, 0.6) is 0 Å². The lowest BCUT2D eigenvalue weighted by Gasteiger charge is -2.35. The lowest BCUT2D eigenvalue weighted by atomic mass is 9.76. The van der Waals surface area contributed by atoms with Crippen molar-refractivity contribution in [2.24, 2.45) is 0 Å². The third-order valence-electron chi connectivity index (χ3n) is 6.27. The highest BCUT2D eigenvalue weighted by Crippen LogP contribution is 2.37. The van der Waals surface area contributed by atoms with Gasteiger partial charge in [-0.15, -0.1) is 0 Å². The third kappa shape index (κ3) is 5.82. The Bertz CT molecular complexity index is 1230. The predicted octanol–water partition coefficient (Wildman–Crippen LogP) is 3.65. The van der Waals surface area contributed by atoms with Crippen molar-refractivity contribution in [1.82, 2.24) is 14.3 Å². The largest absolute Gasteiger partial charge is 0.394 e. The molecule has 3 N–H and O–H groups in total. The highest BCUT2D eigenvalue weighted by Gasteiger charge is 2.31. The summed E-state index contributed by atoms with van der Waals surface area (Å²) in [6.45, 7) is 1.56. The quantitative estimate of drug-likeness (QED) is 0.433. The van der Waals surface area contributed by atoms with Gasteiger partial charge in [-0.2, -0.15) is 0 Å². The van der Waals surface area contributed by atoms with Gasteiger partial charge >= 0.3 is 0 Å². The number of sulfonamides is 1. The number of aliphatic hydroxyl groups excluding tert-OH is 2. The van der Waals surface area contributed by atoms with Crippen molar-refractivity contribution >= 4 is 16.1 Å². The minimum Gasteiger partial charge on any atom is -0.394 e. The molecule has 0 radical (unpaired) electrons. The first-order valence-electron chi connectivity index (χ1n) is 11.4. The number of hydrogen-bond acceptors (Lipinski definition) is 5. The molecule has 7 nitrogen and oxygen atoms in total. The molecular formula is C26H31N3O4S. The Balaban J connectivity index is 1.38. The van der Waals surface area contributed by atoms with Crippen LogP contribution in [0.4, 0.5) is 0 Å². The molecule has 2 aromatic carbocycles. The summed E-state index contributed by atoms with van der Waals surface area (Å²) in [5.74, 6) is 0.914. The summed E-state index contributed by atoms with van der Waals surface area (Å²) >= 11 is 0. The Kier molecular flexibility index (Phi) is 7.33. The molecule has 3 aromatic rings. The Morgan fingerprint density at radius 3 is 2.29 bits per heavy atom. The number of nitrogens with one attached hydrogen (secondary N) is 1. The molecule has 0 bridgehead atoms. The van der Waals surface area contributed by atoms with Crippen molar-refractivity contribution in [3.05, 3.63) is 84.0 Å². The summed E-state index contributed by atoms with van der Waals surface area (Å²) in [7, 11) is -3.15. The van der Waals surface area contributed by atoms with Gasteiger partial charge in [-0.05, 0) is 47.9 Å². The zero-order valence-corrected chi connectivity index (χ0v) is 20.2. The fourth-order valence-corrected chi connectivity index (χ4v) is 5.21. The summed E-state index contributed by atoms with van der Waals surface area (Å²) in [6, 6.07) is 16.4. The van der Waals surface area contributed by atoms with Gasteiger partial charge in [0.1, 0.15) is 11.9 Å². The van der Waals surface area contributed by atoms with Gasteiger partial charge in [0.15, 0.2) is 0 Å². The molecule has 8 heteroatoms. The molecule has 1 aliphatic rings. The molecule has 1 fully saturated rings. The maximum absolute atomic E-state index is 11.3. The number of hydrogen-bond donors (Lipinski definition) is 3. The fraction of sp³-hybridized carbons (Fsp3) is 0.346. The normalized spacial score (nSPS) is 20.2. The van der Waals surface area contributed by atoms with Crippen molar-refractivity contribution in [2.75, 3.05) is 12.9 Å². The molecule has 180 valence electrons. The molecule has 1 heterocycles. The average Bonchev–Trinajstić information content (AvgIpc) is 3.27. The summed E-state index contributed by atoms with van der Waals surface area (Å²) < 4.78 is 27.1. The molecule has 1 aliphatic carbocycles. The standard InChI is InChI=1S/C26H31N3O4S/c1-18(31)26-27-13-14-29(26)25(17-30)12-5-19-3-6-20(7-4-19)21-8-10-22(11-9-21)23-15-24(16-23)28-34(2,32)33/h3-14,18,23-25,28,30-31H,15-17H2,1-2H3/b12-5+/t18-,23?,24?,25+/m0/s1. The van der Waals surface area contributed by atoms with Crippen LogP contribution in [0, 0.1) is 0 Å². The number of benzene rings is 2. The molecule has 1 saturated carbocycles. The number of rotatable bonds is 9. The minimum absolute atomic E-state index is 0.0399. The van der Waals surface area contributed by atoms with E-state index in [-0.39, 0.29) is 18.7 Å². The summed E-state index contributed by atoms with van der Waals surface area (Å²) in [4.78, 5) is 4.17. The molecule has 0 amide bonds. The lowest BCUT2D eigenvalue weighted by molar-refractivity contribution is 0.175. The summed E-state index contributed by atoms with van der Waals surface area (Å²) in [5, 5.41) is 19.7. The van der Waals surface area contributed by atoms with Gasteiger partial charge in [0.25, 0.3) is 0 Å². The Hall–Kier alpha value is -2.78. The minimum atomic E-state index is -3.15. The SMILES string of the molecule is C[C@H](O)c1nccn1[C@H](/C=C/c1ccc(-c2ccc(C3CC(NS(C)(=O)=O)C3)cc2)cc1)CO. The van der Waals surface area contributed by atoms with Crippen LogP contribution < -0.4 is 4.72 Å². The van der Waals surface area contributed by atoms with E-state index in [0.29, 0.717) is 11.7 Å². The van der Waals surface area contributed by atoms with Gasteiger partial charge in [0, 0.05) is 18.4 Å². The van der Waals surface area contributed by atoms with Crippen LogP contribution in [0.2, 0.25) is 0 Å². The smallest absolute Gasteiger partial charge is 0.208 e. The second kappa shape index (κ2) is 10.2. The van der Waals surface area contributed by atoms with Crippen LogP contribution in [0.25, 0.3) is 17.2 Å². The van der Waals surface area contributed by atoms with Gasteiger partial charge in [-0.1, -0.05) is 60.7 Å². The van der Waals surface area contributed by atoms with Gasteiger partial charge in [0.2, 0.25) is 10.0 Å². The highest BCUT2D eigenvalue weighted by atomic mass is 32.2.